The number of rotatable bonds is 4. The van der Waals surface area contributed by atoms with Crippen LogP contribution in [0.15, 0.2) is 97.1 Å². The van der Waals surface area contributed by atoms with Gasteiger partial charge in [-0.25, -0.2) is 0 Å². The lowest BCUT2D eigenvalue weighted by Gasteiger charge is -2.41. The minimum atomic E-state index is -0.934. The maximum Gasteiger partial charge on any atom is 0.234 e. The average molecular weight is 541 g/mol. The predicted molar refractivity (Wildman–Crippen MR) is 152 cm³/mol. The number of ketones is 1. The van der Waals surface area contributed by atoms with Gasteiger partial charge in [-0.3, -0.25) is 33.8 Å². The molecule has 2 saturated heterocycles. The number of anilines is 2. The fourth-order valence-electron chi connectivity index (χ4n) is 6.55. The summed E-state index contributed by atoms with van der Waals surface area (Å²) in [7, 11) is 0. The molecular weight excluding hydrogens is 516 g/mol. The number of hydrogen-bond donors (Lipinski definition) is 0. The van der Waals surface area contributed by atoms with Gasteiger partial charge in [-0.15, -0.1) is 0 Å². The molecule has 3 aliphatic rings. The van der Waals surface area contributed by atoms with Crippen molar-refractivity contribution in [1.82, 2.24) is 0 Å². The van der Waals surface area contributed by atoms with Crippen LogP contribution in [0.2, 0.25) is 0 Å². The average Bonchev–Trinajstić information content (AvgIpc) is 3.53. The van der Waals surface area contributed by atoms with Gasteiger partial charge < -0.3 is 0 Å². The Bertz CT molecular complexity index is 1630. The van der Waals surface area contributed by atoms with Crippen molar-refractivity contribution in [3.05, 3.63) is 130 Å². The van der Waals surface area contributed by atoms with E-state index in [-0.39, 0.29) is 55.1 Å². The highest BCUT2D eigenvalue weighted by molar-refractivity contribution is 6.20. The summed E-state index contributed by atoms with van der Waals surface area (Å²) in [5.41, 5.74) is 4.51. The molecule has 41 heavy (non-hydrogen) atoms. The van der Waals surface area contributed by atoms with E-state index in [9.17, 15) is 24.0 Å². The predicted octanol–water partition coefficient (Wildman–Crippen LogP) is 4.92. The summed E-state index contributed by atoms with van der Waals surface area (Å²) in [6.45, 7) is 0. The fraction of sp³-hybridized carbons (Fsp3) is 0.147. The van der Waals surface area contributed by atoms with E-state index in [0.29, 0.717) is 22.5 Å². The molecule has 0 atom stereocenters. The van der Waals surface area contributed by atoms with Gasteiger partial charge in [0.25, 0.3) is 0 Å². The number of amides is 4. The van der Waals surface area contributed by atoms with Crippen molar-refractivity contribution in [2.75, 3.05) is 9.80 Å². The molecular formula is C34H24N2O5. The lowest BCUT2D eigenvalue weighted by Crippen LogP contribution is -2.38. The maximum absolute atomic E-state index is 13.7. The van der Waals surface area contributed by atoms with Crippen LogP contribution in [0, 0.1) is 0 Å². The molecule has 2 heterocycles. The Labute approximate surface area is 236 Å². The number of imide groups is 2. The highest BCUT2D eigenvalue weighted by atomic mass is 16.2. The van der Waals surface area contributed by atoms with Crippen molar-refractivity contribution in [1.29, 1.82) is 0 Å². The summed E-state index contributed by atoms with van der Waals surface area (Å²) in [4.78, 5) is 65.8. The van der Waals surface area contributed by atoms with Gasteiger partial charge in [-0.1, -0.05) is 72.8 Å². The molecule has 200 valence electrons. The maximum atomic E-state index is 13.7. The molecule has 4 aromatic rings. The van der Waals surface area contributed by atoms with Crippen LogP contribution >= 0.6 is 0 Å². The molecule has 2 fully saturated rings. The zero-order valence-electron chi connectivity index (χ0n) is 22.0. The first-order chi connectivity index (χ1) is 19.9. The molecule has 0 saturated carbocycles. The number of nitrogens with zero attached hydrogens (tertiary/aromatic N) is 2. The molecule has 0 radical (unpaired) electrons. The number of fused-ring (bicyclic) bond motifs is 2. The lowest BCUT2D eigenvalue weighted by molar-refractivity contribution is -0.122. The Balaban J connectivity index is 1.47. The second kappa shape index (κ2) is 9.20. The van der Waals surface area contributed by atoms with Crippen LogP contribution < -0.4 is 9.80 Å². The zero-order valence-corrected chi connectivity index (χ0v) is 22.0. The van der Waals surface area contributed by atoms with Crippen LogP contribution in [-0.4, -0.2) is 29.4 Å². The summed E-state index contributed by atoms with van der Waals surface area (Å²) < 4.78 is 0. The fourth-order valence-corrected chi connectivity index (χ4v) is 6.55. The molecule has 0 unspecified atom stereocenters. The molecule has 7 heteroatoms. The van der Waals surface area contributed by atoms with E-state index >= 15 is 0 Å². The van der Waals surface area contributed by atoms with Crippen molar-refractivity contribution in [3.8, 4) is 0 Å². The summed E-state index contributed by atoms with van der Waals surface area (Å²) in [5, 5.41) is 0. The van der Waals surface area contributed by atoms with Crippen LogP contribution in [0.5, 0.6) is 0 Å². The van der Waals surface area contributed by atoms with Gasteiger partial charge in [-0.05, 0) is 46.5 Å². The SMILES string of the molecule is O=C1c2ccccc2C(c2ccc(N3C(=O)CCC3=O)cc2)(c2ccc(N3C(=O)CCC3=O)cc2)c2ccccc21. The number of benzene rings is 4. The third-order valence-electron chi connectivity index (χ3n) is 8.37. The zero-order chi connectivity index (χ0) is 28.3. The molecule has 7 nitrogen and oxygen atoms in total. The van der Waals surface area contributed by atoms with Crippen LogP contribution in [0.25, 0.3) is 0 Å². The number of hydrogen-bond acceptors (Lipinski definition) is 5. The molecule has 0 bridgehead atoms. The van der Waals surface area contributed by atoms with E-state index in [1.165, 1.54) is 9.80 Å². The topological polar surface area (TPSA) is 91.8 Å². The Morgan fingerprint density at radius 2 is 0.780 bits per heavy atom. The largest absolute Gasteiger partial charge is 0.289 e. The highest BCUT2D eigenvalue weighted by Gasteiger charge is 2.46. The van der Waals surface area contributed by atoms with Crippen LogP contribution in [-0.2, 0) is 24.6 Å². The van der Waals surface area contributed by atoms with E-state index in [4.69, 9.17) is 0 Å². The summed E-state index contributed by atoms with van der Waals surface area (Å²) in [6, 6.07) is 29.8. The normalized spacial score (nSPS) is 17.7. The van der Waals surface area contributed by atoms with E-state index in [1.54, 1.807) is 24.3 Å². The number of carbonyl (C=O) groups is 5. The monoisotopic (exact) mass is 540 g/mol. The molecule has 0 N–H and O–H groups in total. The smallest absolute Gasteiger partial charge is 0.234 e. The molecule has 4 amide bonds. The van der Waals surface area contributed by atoms with Crippen molar-refractivity contribution < 1.29 is 24.0 Å². The standard InChI is InChI=1S/C34H24N2O5/c37-29-17-18-30(38)35(29)23-13-9-21(10-14-23)34(22-11-15-24(16-12-22)36-31(39)19-20-32(36)40)27-7-3-1-5-25(27)33(41)26-6-2-4-8-28(26)34/h1-16H,17-20H2. The highest BCUT2D eigenvalue weighted by Crippen LogP contribution is 2.51. The summed E-state index contributed by atoms with van der Waals surface area (Å²) in [5.74, 6) is -0.964. The quantitative estimate of drug-likeness (QED) is 0.302. The van der Waals surface area contributed by atoms with Crippen molar-refractivity contribution in [2.24, 2.45) is 0 Å². The Morgan fingerprint density at radius 3 is 1.15 bits per heavy atom. The van der Waals surface area contributed by atoms with Gasteiger partial charge in [0, 0.05) is 36.8 Å². The van der Waals surface area contributed by atoms with Crippen LogP contribution in [0.4, 0.5) is 11.4 Å². The van der Waals surface area contributed by atoms with E-state index < -0.39 is 5.41 Å². The Hall–Kier alpha value is -5.17. The van der Waals surface area contributed by atoms with E-state index in [1.807, 2.05) is 72.8 Å². The first kappa shape index (κ1) is 24.8. The number of carbonyl (C=O) groups excluding carboxylic acids is 5. The Morgan fingerprint density at radius 1 is 0.439 bits per heavy atom. The first-order valence-corrected chi connectivity index (χ1v) is 13.6. The van der Waals surface area contributed by atoms with Crippen molar-refractivity contribution in [3.63, 3.8) is 0 Å². The van der Waals surface area contributed by atoms with Crippen LogP contribution in [0.1, 0.15) is 63.9 Å². The molecule has 4 aromatic carbocycles. The van der Waals surface area contributed by atoms with Gasteiger partial charge >= 0.3 is 0 Å². The second-order valence-corrected chi connectivity index (χ2v) is 10.5. The summed E-state index contributed by atoms with van der Waals surface area (Å²) in [6.07, 6.45) is 0.785. The molecule has 1 aliphatic carbocycles. The van der Waals surface area contributed by atoms with Gasteiger partial charge in [-0.2, -0.15) is 0 Å². The molecule has 2 aliphatic heterocycles. The third-order valence-corrected chi connectivity index (χ3v) is 8.37. The third kappa shape index (κ3) is 3.55. The van der Waals surface area contributed by atoms with Gasteiger partial charge in [0.1, 0.15) is 0 Å². The minimum absolute atomic E-state index is 0.0680. The lowest BCUT2D eigenvalue weighted by atomic mass is 9.59. The molecule has 0 aromatic heterocycles. The first-order valence-electron chi connectivity index (χ1n) is 13.6. The van der Waals surface area contributed by atoms with Gasteiger partial charge in [0.15, 0.2) is 5.78 Å². The molecule has 0 spiro atoms. The molecule has 7 rings (SSSR count). The van der Waals surface area contributed by atoms with Crippen molar-refractivity contribution in [2.45, 2.75) is 31.1 Å². The van der Waals surface area contributed by atoms with E-state index in [2.05, 4.69) is 0 Å². The minimum Gasteiger partial charge on any atom is -0.289 e. The van der Waals surface area contributed by atoms with Gasteiger partial charge in [0.05, 0.1) is 16.8 Å². The van der Waals surface area contributed by atoms with Crippen LogP contribution in [0.3, 0.4) is 0 Å². The Kier molecular flexibility index (Phi) is 5.57. The van der Waals surface area contributed by atoms with Crippen molar-refractivity contribution >= 4 is 40.8 Å². The van der Waals surface area contributed by atoms with E-state index in [0.717, 1.165) is 22.3 Å². The summed E-state index contributed by atoms with van der Waals surface area (Å²) >= 11 is 0. The van der Waals surface area contributed by atoms with Gasteiger partial charge in [0.2, 0.25) is 23.6 Å². The second-order valence-electron chi connectivity index (χ2n) is 10.5.